The van der Waals surface area contributed by atoms with E-state index in [9.17, 15) is 4.79 Å². The molecule has 0 N–H and O–H groups in total. The Morgan fingerprint density at radius 3 is 2.55 bits per heavy atom. The molecule has 6 nitrogen and oxygen atoms in total. The highest BCUT2D eigenvalue weighted by Crippen LogP contribution is 2.31. The van der Waals surface area contributed by atoms with Crippen LogP contribution in [0, 0.1) is 20.8 Å². The summed E-state index contributed by atoms with van der Waals surface area (Å²) < 4.78 is 3.49. The molecule has 154 valence electrons. The molecule has 0 spiro atoms. The molecular formula is C24H21N5OS. The number of benzene rings is 1. The highest BCUT2D eigenvalue weighted by molar-refractivity contribution is 7.98. The molecule has 4 heterocycles. The number of aromatic nitrogens is 5. The van der Waals surface area contributed by atoms with Gasteiger partial charge < -0.3 is 0 Å². The van der Waals surface area contributed by atoms with E-state index in [0.29, 0.717) is 11.4 Å². The van der Waals surface area contributed by atoms with Crippen LogP contribution in [0.25, 0.3) is 22.4 Å². The number of hydrogen-bond donors (Lipinski definition) is 0. The zero-order valence-corrected chi connectivity index (χ0v) is 18.3. The van der Waals surface area contributed by atoms with Crippen molar-refractivity contribution in [3.8, 4) is 11.3 Å². The molecule has 7 heteroatoms. The van der Waals surface area contributed by atoms with Crippen LogP contribution in [0.2, 0.25) is 0 Å². The molecule has 4 aromatic heterocycles. The van der Waals surface area contributed by atoms with Gasteiger partial charge in [-0.25, -0.2) is 14.5 Å². The van der Waals surface area contributed by atoms with Crippen molar-refractivity contribution in [1.29, 1.82) is 0 Å². The van der Waals surface area contributed by atoms with Crippen molar-refractivity contribution in [2.75, 3.05) is 0 Å². The van der Waals surface area contributed by atoms with Gasteiger partial charge in [0.25, 0.3) is 5.56 Å². The first kappa shape index (κ1) is 19.5. The Hall–Kier alpha value is -3.45. The second-order valence-electron chi connectivity index (χ2n) is 7.60. The topological polar surface area (TPSA) is 64.6 Å². The largest absolute Gasteiger partial charge is 0.269 e. The molecule has 0 aliphatic heterocycles. The number of fused-ring (bicyclic) bond motifs is 2. The Morgan fingerprint density at radius 2 is 1.74 bits per heavy atom. The van der Waals surface area contributed by atoms with Crippen LogP contribution in [0.5, 0.6) is 0 Å². The molecule has 0 aliphatic rings. The molecule has 1 aromatic carbocycles. The molecule has 5 aromatic rings. The lowest BCUT2D eigenvalue weighted by Crippen LogP contribution is -2.15. The third-order valence-electron chi connectivity index (χ3n) is 5.22. The predicted molar refractivity (Wildman–Crippen MR) is 124 cm³/mol. The monoisotopic (exact) mass is 427 g/mol. The average molecular weight is 428 g/mol. The summed E-state index contributed by atoms with van der Waals surface area (Å²) in [6.07, 6.45) is 1.75. The molecule has 0 aliphatic carbocycles. The Bertz CT molecular complexity index is 1490. The molecule has 0 unspecified atom stereocenters. The van der Waals surface area contributed by atoms with Gasteiger partial charge in [-0.15, -0.1) is 0 Å². The highest BCUT2D eigenvalue weighted by Gasteiger charge is 2.17. The van der Waals surface area contributed by atoms with Gasteiger partial charge in [0.2, 0.25) is 0 Å². The lowest BCUT2D eigenvalue weighted by molar-refractivity contribution is 0.792. The smallest absolute Gasteiger partial charge is 0.258 e. The summed E-state index contributed by atoms with van der Waals surface area (Å²) in [5.74, 6) is 0.530. The normalized spacial score (nSPS) is 11.5. The number of pyridine rings is 1. The molecule has 0 bridgehead atoms. The van der Waals surface area contributed by atoms with Crippen LogP contribution in [0.3, 0.4) is 0 Å². The molecule has 31 heavy (non-hydrogen) atoms. The second kappa shape index (κ2) is 7.67. The van der Waals surface area contributed by atoms with Crippen molar-refractivity contribution < 1.29 is 0 Å². The van der Waals surface area contributed by atoms with Gasteiger partial charge in [-0.1, -0.05) is 48.2 Å². The van der Waals surface area contributed by atoms with E-state index in [1.54, 1.807) is 16.7 Å². The number of rotatable bonds is 4. The maximum atomic E-state index is 12.5. The van der Waals surface area contributed by atoms with Crippen molar-refractivity contribution in [3.05, 3.63) is 93.7 Å². The summed E-state index contributed by atoms with van der Waals surface area (Å²) in [5, 5.41) is 5.51. The Morgan fingerprint density at radius 1 is 0.935 bits per heavy atom. The standard InChI is InChI=1S/C24H21N5OS/c1-15-8-7-11-28-20(30)13-19(25-23(15)28)14-31-24-26-21(18-9-5-4-6-10-18)22-16(2)12-17(3)27-29(22)24/h4-13H,14H2,1-3H3. The minimum atomic E-state index is -0.0768. The fourth-order valence-corrected chi connectivity index (χ4v) is 4.65. The number of thioether (sulfide) groups is 1. The van der Waals surface area contributed by atoms with E-state index < -0.39 is 0 Å². The lowest BCUT2D eigenvalue weighted by atomic mass is 10.1. The van der Waals surface area contributed by atoms with Crippen LogP contribution in [-0.2, 0) is 5.75 Å². The van der Waals surface area contributed by atoms with Crippen molar-refractivity contribution in [1.82, 2.24) is 24.0 Å². The fraction of sp³-hybridized carbons (Fsp3) is 0.167. The zero-order valence-electron chi connectivity index (χ0n) is 17.5. The summed E-state index contributed by atoms with van der Waals surface area (Å²) in [4.78, 5) is 22.2. The average Bonchev–Trinajstić information content (AvgIpc) is 3.12. The van der Waals surface area contributed by atoms with Gasteiger partial charge in [-0.05, 0) is 44.0 Å². The van der Waals surface area contributed by atoms with Crippen LogP contribution in [0.1, 0.15) is 22.5 Å². The maximum Gasteiger partial charge on any atom is 0.258 e. The van der Waals surface area contributed by atoms with Crippen molar-refractivity contribution in [3.63, 3.8) is 0 Å². The van der Waals surface area contributed by atoms with Crippen molar-refractivity contribution >= 4 is 22.9 Å². The predicted octanol–water partition coefficient (Wildman–Crippen LogP) is 4.62. The summed E-state index contributed by atoms with van der Waals surface area (Å²) >= 11 is 1.54. The molecule has 0 fully saturated rings. The summed E-state index contributed by atoms with van der Waals surface area (Å²) in [6, 6.07) is 17.6. The lowest BCUT2D eigenvalue weighted by Gasteiger charge is -2.06. The number of nitrogens with zero attached hydrogens (tertiary/aromatic N) is 5. The van der Waals surface area contributed by atoms with Gasteiger partial charge in [0, 0.05) is 23.6 Å². The molecule has 0 radical (unpaired) electrons. The highest BCUT2D eigenvalue weighted by atomic mass is 32.2. The molecule has 0 saturated carbocycles. The van der Waals surface area contributed by atoms with Crippen molar-refractivity contribution in [2.24, 2.45) is 0 Å². The summed E-state index contributed by atoms with van der Waals surface area (Å²) in [6.45, 7) is 6.03. The van der Waals surface area contributed by atoms with Crippen LogP contribution in [0.4, 0.5) is 0 Å². The van der Waals surface area contributed by atoms with Gasteiger partial charge >= 0.3 is 0 Å². The van der Waals surface area contributed by atoms with E-state index in [1.165, 1.54) is 11.8 Å². The van der Waals surface area contributed by atoms with Gasteiger partial charge in [0.1, 0.15) is 5.65 Å². The minimum Gasteiger partial charge on any atom is -0.269 e. The quantitative estimate of drug-likeness (QED) is 0.392. The maximum absolute atomic E-state index is 12.5. The second-order valence-corrected chi connectivity index (χ2v) is 8.54. The molecule has 0 atom stereocenters. The van der Waals surface area contributed by atoms with Crippen LogP contribution < -0.4 is 5.56 Å². The third-order valence-corrected chi connectivity index (χ3v) is 6.18. The van der Waals surface area contributed by atoms with E-state index in [-0.39, 0.29) is 5.56 Å². The summed E-state index contributed by atoms with van der Waals surface area (Å²) in [5.41, 5.74) is 7.34. The van der Waals surface area contributed by atoms with Gasteiger partial charge in [0.05, 0.1) is 22.6 Å². The molecule has 0 saturated heterocycles. The van der Waals surface area contributed by atoms with E-state index in [0.717, 1.165) is 44.4 Å². The fourth-order valence-electron chi connectivity index (χ4n) is 3.82. The third kappa shape index (κ3) is 3.51. The Labute approximate surface area is 183 Å². The van der Waals surface area contributed by atoms with E-state index in [4.69, 9.17) is 15.1 Å². The first-order chi connectivity index (χ1) is 15.0. The van der Waals surface area contributed by atoms with Crippen LogP contribution in [0.15, 0.2) is 70.7 Å². The van der Waals surface area contributed by atoms with Gasteiger partial charge in [-0.2, -0.15) is 5.10 Å². The molecule has 0 amide bonds. The number of hydrogen-bond acceptors (Lipinski definition) is 5. The number of imidazole rings is 1. The van der Waals surface area contributed by atoms with Crippen LogP contribution >= 0.6 is 11.8 Å². The van der Waals surface area contributed by atoms with E-state index in [2.05, 4.69) is 25.1 Å². The molecule has 5 rings (SSSR count). The SMILES string of the molecule is Cc1cc(C)c2c(-c3ccccc3)nc(SCc3cc(=O)n4cccc(C)c4n3)n2n1. The molecular weight excluding hydrogens is 406 g/mol. The number of aryl methyl sites for hydroxylation is 3. The Kier molecular flexibility index (Phi) is 4.82. The van der Waals surface area contributed by atoms with Crippen molar-refractivity contribution in [2.45, 2.75) is 31.7 Å². The minimum absolute atomic E-state index is 0.0768. The van der Waals surface area contributed by atoms with Gasteiger partial charge in [0.15, 0.2) is 5.16 Å². The first-order valence-electron chi connectivity index (χ1n) is 10.0. The van der Waals surface area contributed by atoms with E-state index in [1.807, 2.05) is 48.7 Å². The van der Waals surface area contributed by atoms with Crippen LogP contribution in [-0.4, -0.2) is 24.0 Å². The van der Waals surface area contributed by atoms with E-state index >= 15 is 0 Å². The first-order valence-corrected chi connectivity index (χ1v) is 11.0. The summed E-state index contributed by atoms with van der Waals surface area (Å²) in [7, 11) is 0. The zero-order chi connectivity index (χ0) is 21.5. The Balaban J connectivity index is 1.58. The van der Waals surface area contributed by atoms with Gasteiger partial charge in [-0.3, -0.25) is 9.20 Å².